The Morgan fingerprint density at radius 3 is 1.33 bits per heavy atom. The van der Waals surface area contributed by atoms with Crippen LogP contribution in [0, 0.1) is 0 Å². The number of rotatable bonds is 6. The fourth-order valence-corrected chi connectivity index (χ4v) is 12.0. The van der Waals surface area contributed by atoms with E-state index in [1.165, 1.54) is 29.6 Å². The molecular weight excluding hydrogens is 336 g/mol. The molecule has 0 saturated carbocycles. The van der Waals surface area contributed by atoms with Gasteiger partial charge < -0.3 is 0 Å². The van der Waals surface area contributed by atoms with Gasteiger partial charge in [0.05, 0.1) is 0 Å². The summed E-state index contributed by atoms with van der Waals surface area (Å²) in [5, 5.41) is 3.32. The van der Waals surface area contributed by atoms with Gasteiger partial charge in [-0.2, -0.15) is 0 Å². The first-order valence-electron chi connectivity index (χ1n) is 7.94. The molecule has 0 saturated heterocycles. The van der Waals surface area contributed by atoms with E-state index in [1.807, 2.05) is 0 Å². The minimum absolute atomic E-state index is 0.343. The van der Waals surface area contributed by atoms with E-state index in [0.717, 1.165) is 0 Å². The quantitative estimate of drug-likeness (QED) is 0.495. The number of hydrogen-bond acceptors (Lipinski definition) is 0. The highest BCUT2D eigenvalue weighted by Gasteiger charge is 2.51. The predicted octanol–water partition coefficient (Wildman–Crippen LogP) is 5.11. The summed E-state index contributed by atoms with van der Waals surface area (Å²) in [6, 6.07) is 22.2. The second-order valence-corrected chi connectivity index (χ2v) is 12.8. The van der Waals surface area contributed by atoms with Crippen LogP contribution in [0.25, 0.3) is 0 Å². The van der Waals surface area contributed by atoms with E-state index in [-0.39, 0.29) is 0 Å². The molecule has 0 nitrogen and oxygen atoms in total. The number of halogens is 1. The fourth-order valence-electron chi connectivity index (χ4n) is 3.60. The molecule has 2 rings (SSSR count). The summed E-state index contributed by atoms with van der Waals surface area (Å²) < 4.78 is 0. The molecular formula is C19H25BrSi. The van der Waals surface area contributed by atoms with Crippen LogP contribution in [-0.4, -0.2) is 6.69 Å². The van der Waals surface area contributed by atoms with Crippen LogP contribution in [-0.2, 0) is 0 Å². The third-order valence-electron chi connectivity index (χ3n) is 5.10. The van der Waals surface area contributed by atoms with Crippen LogP contribution in [0.15, 0.2) is 60.7 Å². The fraction of sp³-hybridized carbons (Fsp3) is 0.368. The molecule has 0 amide bonds. The summed E-state index contributed by atoms with van der Waals surface area (Å²) in [5.74, 6) is 0. The Labute approximate surface area is 138 Å². The predicted molar refractivity (Wildman–Crippen MR) is 100 cm³/mol. The second kappa shape index (κ2) is 6.93. The van der Waals surface area contributed by atoms with Gasteiger partial charge in [0.15, 0.2) is 6.69 Å². The molecule has 0 aliphatic heterocycles. The Morgan fingerprint density at radius 2 is 1.05 bits per heavy atom. The first kappa shape index (κ1) is 16.5. The molecule has 2 aromatic rings. The van der Waals surface area contributed by atoms with Crippen LogP contribution in [0.4, 0.5) is 0 Å². The van der Waals surface area contributed by atoms with E-state index < -0.39 is 6.69 Å². The monoisotopic (exact) mass is 360 g/mol. The number of hydrogen-bond donors (Lipinski definition) is 0. The lowest BCUT2D eigenvalue weighted by Gasteiger charge is -2.45. The highest BCUT2D eigenvalue weighted by atomic mass is 79.9. The van der Waals surface area contributed by atoms with Gasteiger partial charge in [-0.05, 0) is 15.4 Å². The van der Waals surface area contributed by atoms with Gasteiger partial charge in [-0.25, -0.2) is 0 Å². The van der Waals surface area contributed by atoms with Gasteiger partial charge in [-0.15, -0.1) is 15.3 Å². The van der Waals surface area contributed by atoms with Gasteiger partial charge in [0, 0.05) is 0 Å². The van der Waals surface area contributed by atoms with Crippen molar-refractivity contribution in [1.82, 2.24) is 0 Å². The van der Waals surface area contributed by atoms with Gasteiger partial charge >= 0.3 is 0 Å². The van der Waals surface area contributed by atoms with Gasteiger partial charge in [-0.1, -0.05) is 101 Å². The molecule has 0 radical (unpaired) electrons. The van der Waals surface area contributed by atoms with Gasteiger partial charge in [0.25, 0.3) is 0 Å². The largest absolute Gasteiger partial charge is 0.197 e. The average molecular weight is 361 g/mol. The van der Waals surface area contributed by atoms with Crippen LogP contribution in [0.3, 0.4) is 0 Å². The van der Waals surface area contributed by atoms with E-state index in [1.54, 1.807) is 0 Å². The van der Waals surface area contributed by atoms with E-state index in [4.69, 9.17) is 0 Å². The topological polar surface area (TPSA) is 0 Å². The number of benzene rings is 2. The molecule has 0 aliphatic rings. The van der Waals surface area contributed by atoms with E-state index in [2.05, 4.69) is 96.7 Å². The third kappa shape index (κ3) is 2.76. The zero-order valence-electron chi connectivity index (χ0n) is 13.3. The van der Waals surface area contributed by atoms with Crippen LogP contribution < -0.4 is 10.4 Å². The van der Waals surface area contributed by atoms with Crippen molar-refractivity contribution in [1.29, 1.82) is 0 Å². The molecule has 0 aromatic heterocycles. The lowest BCUT2D eigenvalue weighted by molar-refractivity contribution is 0.492. The molecule has 0 bridgehead atoms. The Morgan fingerprint density at radius 1 is 0.714 bits per heavy atom. The standard InChI is InChI=1S/C19H25BrSi/c1-4-19(5-2,6-3)21(20,17-13-9-7-10-14-17)18-15-11-8-12-16-18/h7-16H,4-6H2,1-3H3. The Hall–Kier alpha value is -0.863. The van der Waals surface area contributed by atoms with Crippen LogP contribution in [0.5, 0.6) is 0 Å². The average Bonchev–Trinajstić information content (AvgIpc) is 2.58. The first-order valence-corrected chi connectivity index (χ1v) is 12.2. The van der Waals surface area contributed by atoms with Crippen LogP contribution in [0.1, 0.15) is 40.0 Å². The summed E-state index contributed by atoms with van der Waals surface area (Å²) in [4.78, 5) is 0. The van der Waals surface area contributed by atoms with Gasteiger partial charge in [0.1, 0.15) is 0 Å². The smallest absolute Gasteiger partial charge is 0.113 e. The van der Waals surface area contributed by atoms with Crippen LogP contribution >= 0.6 is 15.3 Å². The third-order valence-corrected chi connectivity index (χ3v) is 15.2. The Kier molecular flexibility index (Phi) is 5.45. The zero-order valence-corrected chi connectivity index (χ0v) is 15.9. The highest BCUT2D eigenvalue weighted by Crippen LogP contribution is 2.50. The molecule has 0 unspecified atom stereocenters. The normalized spacial score (nSPS) is 12.4. The van der Waals surface area contributed by atoms with Crippen molar-refractivity contribution in [3.8, 4) is 0 Å². The second-order valence-electron chi connectivity index (χ2n) is 5.73. The van der Waals surface area contributed by atoms with Crippen LogP contribution in [0.2, 0.25) is 5.04 Å². The lowest BCUT2D eigenvalue weighted by Crippen LogP contribution is -2.61. The molecule has 0 N–H and O–H groups in total. The van der Waals surface area contributed by atoms with Crippen molar-refractivity contribution in [2.45, 2.75) is 45.1 Å². The van der Waals surface area contributed by atoms with Crippen molar-refractivity contribution in [2.75, 3.05) is 0 Å². The van der Waals surface area contributed by atoms with Gasteiger partial charge in [0.2, 0.25) is 0 Å². The van der Waals surface area contributed by atoms with Crippen molar-refractivity contribution >= 4 is 32.4 Å². The van der Waals surface area contributed by atoms with Crippen molar-refractivity contribution in [3.63, 3.8) is 0 Å². The summed E-state index contributed by atoms with van der Waals surface area (Å²) >= 11 is 4.34. The molecule has 21 heavy (non-hydrogen) atoms. The maximum Gasteiger partial charge on any atom is 0.197 e. The molecule has 2 aromatic carbocycles. The first-order chi connectivity index (χ1) is 10.1. The van der Waals surface area contributed by atoms with E-state index in [0.29, 0.717) is 5.04 Å². The van der Waals surface area contributed by atoms with E-state index >= 15 is 0 Å². The van der Waals surface area contributed by atoms with E-state index in [9.17, 15) is 0 Å². The summed E-state index contributed by atoms with van der Waals surface area (Å²) in [5.41, 5.74) is 0. The zero-order chi connectivity index (χ0) is 15.3. The minimum atomic E-state index is -1.97. The van der Waals surface area contributed by atoms with Gasteiger partial charge in [-0.3, -0.25) is 0 Å². The summed E-state index contributed by atoms with van der Waals surface area (Å²) in [6.45, 7) is 5.08. The highest BCUT2D eigenvalue weighted by molar-refractivity contribution is 9.27. The molecule has 0 heterocycles. The summed E-state index contributed by atoms with van der Waals surface area (Å²) in [6.07, 6.45) is 3.63. The van der Waals surface area contributed by atoms with Crippen molar-refractivity contribution in [3.05, 3.63) is 60.7 Å². The minimum Gasteiger partial charge on any atom is -0.113 e. The Bertz CT molecular complexity index is 499. The molecule has 0 atom stereocenters. The maximum atomic E-state index is 4.34. The van der Waals surface area contributed by atoms with Crippen molar-refractivity contribution in [2.24, 2.45) is 0 Å². The lowest BCUT2D eigenvalue weighted by atomic mass is 9.99. The maximum absolute atomic E-state index is 4.34. The molecule has 112 valence electrons. The van der Waals surface area contributed by atoms with Crippen molar-refractivity contribution < 1.29 is 0 Å². The molecule has 2 heteroatoms. The molecule has 0 fully saturated rings. The SMILES string of the molecule is CCC(CC)(CC)[Si](Br)(c1ccccc1)c1ccccc1. The molecule has 0 spiro atoms. The Balaban J connectivity index is 2.71. The molecule has 0 aliphatic carbocycles. The summed E-state index contributed by atoms with van der Waals surface area (Å²) in [7, 11) is 0.